The molecule has 0 radical (unpaired) electrons. The molecule has 1 aromatic heterocycles. The zero-order valence-electron chi connectivity index (χ0n) is 12.0. The van der Waals surface area contributed by atoms with Gasteiger partial charge in [-0.2, -0.15) is 0 Å². The van der Waals surface area contributed by atoms with Crippen LogP contribution >= 0.6 is 11.6 Å². The van der Waals surface area contributed by atoms with Crippen molar-refractivity contribution in [1.29, 1.82) is 0 Å². The lowest BCUT2D eigenvalue weighted by Gasteiger charge is -2.36. The lowest BCUT2D eigenvalue weighted by atomic mass is 9.77. The summed E-state index contributed by atoms with van der Waals surface area (Å²) in [5, 5.41) is 3.66. The van der Waals surface area contributed by atoms with Crippen molar-refractivity contribution in [2.75, 3.05) is 5.32 Å². The minimum Gasteiger partial charge on any atom is -0.366 e. The van der Waals surface area contributed by atoms with E-state index in [2.05, 4.69) is 15.3 Å². The van der Waals surface area contributed by atoms with E-state index >= 15 is 0 Å². The molecule has 118 valence electrons. The van der Waals surface area contributed by atoms with E-state index in [0.29, 0.717) is 42.2 Å². The molecule has 1 heterocycles. The quantitative estimate of drug-likeness (QED) is 0.893. The van der Waals surface area contributed by atoms with E-state index in [1.165, 1.54) is 6.33 Å². The van der Waals surface area contributed by atoms with Gasteiger partial charge in [-0.3, -0.25) is 0 Å². The van der Waals surface area contributed by atoms with Crippen molar-refractivity contribution in [3.63, 3.8) is 0 Å². The fourth-order valence-electron chi connectivity index (χ4n) is 2.73. The summed E-state index contributed by atoms with van der Waals surface area (Å²) in [5.74, 6) is -0.0531. The number of rotatable bonds is 4. The number of aromatic nitrogens is 2. The number of alkyl halides is 3. The largest absolute Gasteiger partial charge is 0.366 e. The van der Waals surface area contributed by atoms with Crippen LogP contribution in [0.25, 0.3) is 0 Å². The van der Waals surface area contributed by atoms with Crippen molar-refractivity contribution in [1.82, 2.24) is 9.97 Å². The Morgan fingerprint density at radius 1 is 1.29 bits per heavy atom. The molecular weight excluding hydrogens is 303 g/mol. The number of anilines is 1. The zero-order chi connectivity index (χ0) is 15.6. The van der Waals surface area contributed by atoms with Gasteiger partial charge in [-0.25, -0.2) is 23.1 Å². The number of nitrogens with zero attached hydrogens (tertiary/aromatic N) is 2. The van der Waals surface area contributed by atoms with Gasteiger partial charge < -0.3 is 5.32 Å². The normalized spacial score (nSPS) is 25.7. The van der Waals surface area contributed by atoms with Crippen LogP contribution < -0.4 is 5.32 Å². The average Bonchev–Trinajstić information content (AvgIpc) is 2.44. The van der Waals surface area contributed by atoms with Crippen molar-refractivity contribution >= 4 is 17.4 Å². The first-order valence-corrected chi connectivity index (χ1v) is 7.40. The summed E-state index contributed by atoms with van der Waals surface area (Å²) in [5.41, 5.74) is -1.73. The van der Waals surface area contributed by atoms with Gasteiger partial charge >= 0.3 is 0 Å². The van der Waals surface area contributed by atoms with Gasteiger partial charge in [0.15, 0.2) is 5.67 Å². The van der Waals surface area contributed by atoms with Crippen LogP contribution in [0.15, 0.2) is 6.33 Å². The smallest absolute Gasteiger partial charge is 0.272 e. The third-order valence-corrected chi connectivity index (χ3v) is 4.71. The molecule has 21 heavy (non-hydrogen) atoms. The lowest BCUT2D eigenvalue weighted by molar-refractivity contribution is -0.0706. The second kappa shape index (κ2) is 6.38. The predicted octanol–water partition coefficient (Wildman–Crippen LogP) is 4.40. The Morgan fingerprint density at radius 2 is 1.90 bits per heavy atom. The molecule has 1 aliphatic rings. The van der Waals surface area contributed by atoms with Crippen molar-refractivity contribution in [2.24, 2.45) is 5.92 Å². The highest BCUT2D eigenvalue weighted by Gasteiger charge is 2.44. The molecule has 1 atom stereocenters. The topological polar surface area (TPSA) is 37.8 Å². The van der Waals surface area contributed by atoms with Gasteiger partial charge in [0, 0.05) is 6.04 Å². The van der Waals surface area contributed by atoms with Crippen LogP contribution in [0.1, 0.15) is 38.3 Å². The van der Waals surface area contributed by atoms with E-state index < -0.39 is 18.0 Å². The Hall–Kier alpha value is -1.04. The molecule has 7 heteroatoms. The molecule has 0 aliphatic heterocycles. The van der Waals surface area contributed by atoms with Gasteiger partial charge in [0.2, 0.25) is 0 Å². The Morgan fingerprint density at radius 3 is 2.48 bits per heavy atom. The number of nitrogens with one attached hydrogen (secondary N) is 1. The van der Waals surface area contributed by atoms with E-state index in [0.717, 1.165) is 6.92 Å². The first kappa shape index (κ1) is 16.3. The zero-order valence-corrected chi connectivity index (χ0v) is 12.8. The molecule has 0 aromatic carbocycles. The van der Waals surface area contributed by atoms with Crippen molar-refractivity contribution in [3.8, 4) is 0 Å². The summed E-state index contributed by atoms with van der Waals surface area (Å²) in [6.07, 6.45) is 0.579. The van der Waals surface area contributed by atoms with Gasteiger partial charge in [-0.1, -0.05) is 11.6 Å². The molecular formula is C14H19ClF3N3. The third-order valence-electron chi connectivity index (χ3n) is 4.26. The summed E-state index contributed by atoms with van der Waals surface area (Å²) in [4.78, 5) is 8.06. The molecule has 1 aromatic rings. The molecule has 1 N–H and O–H groups in total. The lowest BCUT2D eigenvalue weighted by Crippen LogP contribution is -2.41. The fourth-order valence-corrected chi connectivity index (χ4v) is 2.88. The number of hydrogen-bond acceptors (Lipinski definition) is 3. The molecule has 2 rings (SSSR count). The van der Waals surface area contributed by atoms with Crippen molar-refractivity contribution < 1.29 is 13.2 Å². The van der Waals surface area contributed by atoms with E-state index in [1.807, 2.05) is 0 Å². The van der Waals surface area contributed by atoms with Crippen LogP contribution in [0.5, 0.6) is 0 Å². The van der Waals surface area contributed by atoms with Crippen LogP contribution in [-0.2, 0) is 0 Å². The maximum absolute atomic E-state index is 14.0. The number of halogens is 4. The standard InChI is InChI=1S/C14H19ClF3N3/c1-8-11(15)12(20-7-19-8)21-10-5-3-9(4-6-10)14(2,18)13(16)17/h7,9-10,13H,3-6H2,1-2H3,(H,19,20,21). The minimum absolute atomic E-state index is 0.0709. The van der Waals surface area contributed by atoms with E-state index in [9.17, 15) is 13.2 Å². The maximum atomic E-state index is 14.0. The van der Waals surface area contributed by atoms with E-state index in [1.54, 1.807) is 6.92 Å². The summed E-state index contributed by atoms with van der Waals surface area (Å²) >= 11 is 6.11. The first-order chi connectivity index (χ1) is 9.82. The van der Waals surface area contributed by atoms with Gasteiger partial charge in [-0.05, 0) is 45.4 Å². The summed E-state index contributed by atoms with van der Waals surface area (Å²) < 4.78 is 39.4. The molecule has 3 nitrogen and oxygen atoms in total. The highest BCUT2D eigenvalue weighted by Crippen LogP contribution is 2.39. The van der Waals surface area contributed by atoms with Crippen LogP contribution in [-0.4, -0.2) is 28.1 Å². The highest BCUT2D eigenvalue weighted by atomic mass is 35.5. The summed E-state index contributed by atoms with van der Waals surface area (Å²) in [7, 11) is 0. The van der Waals surface area contributed by atoms with Crippen molar-refractivity contribution in [2.45, 2.75) is 57.7 Å². The molecule has 0 saturated heterocycles. The summed E-state index contributed by atoms with van der Waals surface area (Å²) in [6, 6.07) is 0.0709. The van der Waals surface area contributed by atoms with Crippen LogP contribution in [0.4, 0.5) is 19.0 Å². The minimum atomic E-state index is -2.94. The van der Waals surface area contributed by atoms with E-state index in [-0.39, 0.29) is 6.04 Å². The van der Waals surface area contributed by atoms with Crippen LogP contribution in [0.3, 0.4) is 0 Å². The average molecular weight is 322 g/mol. The number of aryl methyl sites for hydroxylation is 1. The molecule has 1 saturated carbocycles. The van der Waals surface area contributed by atoms with Gasteiger partial charge in [0.1, 0.15) is 17.2 Å². The Labute approximate surface area is 127 Å². The molecule has 1 aliphatic carbocycles. The first-order valence-electron chi connectivity index (χ1n) is 7.03. The SMILES string of the molecule is Cc1ncnc(NC2CCC(C(C)(F)C(F)F)CC2)c1Cl. The summed E-state index contributed by atoms with van der Waals surface area (Å²) in [6.45, 7) is 2.78. The molecule has 1 unspecified atom stereocenters. The third kappa shape index (κ3) is 3.59. The highest BCUT2D eigenvalue weighted by molar-refractivity contribution is 6.33. The van der Waals surface area contributed by atoms with Gasteiger partial charge in [-0.15, -0.1) is 0 Å². The second-order valence-electron chi connectivity index (χ2n) is 5.77. The predicted molar refractivity (Wildman–Crippen MR) is 76.7 cm³/mol. The maximum Gasteiger partial charge on any atom is 0.272 e. The second-order valence-corrected chi connectivity index (χ2v) is 6.14. The molecule has 1 fully saturated rings. The van der Waals surface area contributed by atoms with Gasteiger partial charge in [0.05, 0.1) is 5.69 Å². The molecule has 0 spiro atoms. The Kier molecular flexibility index (Phi) is 4.96. The Bertz CT molecular complexity index is 488. The van der Waals surface area contributed by atoms with E-state index in [4.69, 9.17) is 11.6 Å². The number of hydrogen-bond donors (Lipinski definition) is 1. The van der Waals surface area contributed by atoms with Crippen LogP contribution in [0, 0.1) is 12.8 Å². The van der Waals surface area contributed by atoms with Crippen molar-refractivity contribution in [3.05, 3.63) is 17.0 Å². The van der Waals surface area contributed by atoms with Crippen LogP contribution in [0.2, 0.25) is 5.02 Å². The molecule has 0 amide bonds. The van der Waals surface area contributed by atoms with Gasteiger partial charge in [0.25, 0.3) is 6.43 Å². The monoisotopic (exact) mass is 321 g/mol. The fraction of sp³-hybridized carbons (Fsp3) is 0.714. The Balaban J connectivity index is 1.94. The molecule has 0 bridgehead atoms.